The third kappa shape index (κ3) is 3.41. The van der Waals surface area contributed by atoms with Gasteiger partial charge < -0.3 is 15.0 Å². The van der Waals surface area contributed by atoms with Crippen molar-refractivity contribution in [2.75, 3.05) is 26.3 Å². The Morgan fingerprint density at radius 3 is 2.88 bits per heavy atom. The van der Waals surface area contributed by atoms with Gasteiger partial charge in [-0.05, 0) is 6.92 Å². The zero-order valence-corrected chi connectivity index (χ0v) is 8.91. The van der Waals surface area contributed by atoms with Crippen LogP contribution < -0.4 is 5.32 Å². The number of nitrogens with zero attached hydrogens (tertiary/aromatic N) is 1. The van der Waals surface area contributed by atoms with Gasteiger partial charge >= 0.3 is 0 Å². The summed E-state index contributed by atoms with van der Waals surface area (Å²) in [6.07, 6.45) is -2.52. The van der Waals surface area contributed by atoms with E-state index in [1.807, 2.05) is 0 Å². The Hall–Kier alpha value is -1.24. The summed E-state index contributed by atoms with van der Waals surface area (Å²) < 4.78 is 28.1. The fourth-order valence-electron chi connectivity index (χ4n) is 1.42. The molecule has 1 aliphatic heterocycles. The van der Waals surface area contributed by atoms with Gasteiger partial charge in [-0.1, -0.05) is 0 Å². The SMILES string of the molecule is CC1C(=O)NCC(=O)N1CCOCC(F)F. The van der Waals surface area contributed by atoms with Gasteiger partial charge in [-0.3, -0.25) is 9.59 Å². The van der Waals surface area contributed by atoms with E-state index in [0.717, 1.165) is 0 Å². The number of nitrogens with one attached hydrogen (secondary N) is 1. The van der Waals surface area contributed by atoms with Gasteiger partial charge in [0.25, 0.3) is 6.43 Å². The molecule has 5 nitrogen and oxygen atoms in total. The molecule has 1 atom stereocenters. The minimum atomic E-state index is -2.52. The molecule has 0 spiro atoms. The lowest BCUT2D eigenvalue weighted by molar-refractivity contribution is -0.145. The number of rotatable bonds is 5. The molecule has 0 bridgehead atoms. The van der Waals surface area contributed by atoms with Crippen LogP contribution in [-0.4, -0.2) is 55.5 Å². The molecular formula is C9H14F2N2O3. The third-order valence-electron chi connectivity index (χ3n) is 2.30. The minimum absolute atomic E-state index is 0.00764. The molecule has 0 aliphatic carbocycles. The van der Waals surface area contributed by atoms with E-state index < -0.39 is 19.1 Å². The van der Waals surface area contributed by atoms with Gasteiger partial charge in [-0.2, -0.15) is 0 Å². The first-order valence-electron chi connectivity index (χ1n) is 4.95. The molecule has 1 N–H and O–H groups in total. The summed E-state index contributed by atoms with van der Waals surface area (Å²) in [6, 6.07) is -0.573. The Bertz CT molecular complexity index is 273. The molecule has 0 saturated carbocycles. The standard InChI is InChI=1S/C9H14F2N2O3/c1-6-9(15)12-4-8(14)13(6)2-3-16-5-7(10)11/h6-7H,2-5H2,1H3,(H,12,15). The summed E-state index contributed by atoms with van der Waals surface area (Å²) in [5, 5.41) is 2.43. The van der Waals surface area contributed by atoms with E-state index in [9.17, 15) is 18.4 Å². The van der Waals surface area contributed by atoms with Crippen molar-refractivity contribution in [3.8, 4) is 0 Å². The highest BCUT2D eigenvalue weighted by Gasteiger charge is 2.30. The highest BCUT2D eigenvalue weighted by atomic mass is 19.3. The topological polar surface area (TPSA) is 58.6 Å². The van der Waals surface area contributed by atoms with Crippen molar-refractivity contribution in [1.29, 1.82) is 0 Å². The zero-order valence-electron chi connectivity index (χ0n) is 8.91. The Kier molecular flexibility index (Phi) is 4.60. The molecule has 1 saturated heterocycles. The van der Waals surface area contributed by atoms with Crippen molar-refractivity contribution in [1.82, 2.24) is 10.2 Å². The first-order chi connectivity index (χ1) is 7.52. The number of hydrogen-bond acceptors (Lipinski definition) is 3. The second kappa shape index (κ2) is 5.74. The number of piperazine rings is 1. The summed E-state index contributed by atoms with van der Waals surface area (Å²) in [4.78, 5) is 23.9. The number of carbonyl (C=O) groups is 2. The molecule has 1 aliphatic rings. The lowest BCUT2D eigenvalue weighted by atomic mass is 10.2. The van der Waals surface area contributed by atoms with Crippen molar-refractivity contribution in [2.24, 2.45) is 0 Å². The lowest BCUT2D eigenvalue weighted by Gasteiger charge is -2.32. The Balaban J connectivity index is 2.33. The maximum Gasteiger partial charge on any atom is 0.261 e. The van der Waals surface area contributed by atoms with Crippen LogP contribution in [0.1, 0.15) is 6.92 Å². The molecule has 1 rings (SSSR count). The number of ether oxygens (including phenoxy) is 1. The Morgan fingerprint density at radius 1 is 1.56 bits per heavy atom. The summed E-state index contributed by atoms with van der Waals surface area (Å²) in [5.74, 6) is -0.471. The maximum absolute atomic E-state index is 11.7. The molecule has 92 valence electrons. The largest absolute Gasteiger partial charge is 0.374 e. The van der Waals surface area contributed by atoms with Gasteiger partial charge in [0.1, 0.15) is 12.6 Å². The van der Waals surface area contributed by atoms with Gasteiger partial charge in [0.05, 0.1) is 13.2 Å². The van der Waals surface area contributed by atoms with Gasteiger partial charge in [-0.15, -0.1) is 0 Å². The van der Waals surface area contributed by atoms with E-state index >= 15 is 0 Å². The number of amides is 2. The number of halogens is 2. The van der Waals surface area contributed by atoms with Crippen LogP contribution in [0.2, 0.25) is 0 Å². The number of hydrogen-bond donors (Lipinski definition) is 1. The van der Waals surface area contributed by atoms with E-state index in [-0.39, 0.29) is 31.5 Å². The molecule has 0 aromatic carbocycles. The molecule has 0 radical (unpaired) electrons. The zero-order chi connectivity index (χ0) is 12.1. The van der Waals surface area contributed by atoms with Crippen LogP contribution in [-0.2, 0) is 14.3 Å². The molecular weight excluding hydrogens is 222 g/mol. The first-order valence-corrected chi connectivity index (χ1v) is 4.95. The van der Waals surface area contributed by atoms with Crippen molar-refractivity contribution in [3.63, 3.8) is 0 Å². The first kappa shape index (κ1) is 12.8. The van der Waals surface area contributed by atoms with Crippen LogP contribution in [0.3, 0.4) is 0 Å². The highest BCUT2D eigenvalue weighted by molar-refractivity contribution is 5.94. The molecule has 1 unspecified atom stereocenters. The van der Waals surface area contributed by atoms with E-state index in [0.29, 0.717) is 0 Å². The molecule has 16 heavy (non-hydrogen) atoms. The van der Waals surface area contributed by atoms with E-state index in [4.69, 9.17) is 0 Å². The fraction of sp³-hybridized carbons (Fsp3) is 0.778. The van der Waals surface area contributed by atoms with Crippen LogP contribution in [0.25, 0.3) is 0 Å². The molecule has 1 fully saturated rings. The van der Waals surface area contributed by atoms with E-state index in [2.05, 4.69) is 10.1 Å². The minimum Gasteiger partial charge on any atom is -0.374 e. The predicted octanol–water partition coefficient (Wildman–Crippen LogP) is -0.385. The van der Waals surface area contributed by atoms with Crippen LogP contribution in [0.15, 0.2) is 0 Å². The van der Waals surface area contributed by atoms with Crippen molar-refractivity contribution >= 4 is 11.8 Å². The average molecular weight is 236 g/mol. The van der Waals surface area contributed by atoms with Crippen molar-refractivity contribution in [2.45, 2.75) is 19.4 Å². The molecule has 7 heteroatoms. The fourth-order valence-corrected chi connectivity index (χ4v) is 1.42. The molecule has 2 amide bonds. The van der Waals surface area contributed by atoms with Crippen LogP contribution >= 0.6 is 0 Å². The quantitative estimate of drug-likeness (QED) is 0.662. The van der Waals surface area contributed by atoms with Gasteiger partial charge in [0, 0.05) is 6.54 Å². The Labute approximate surface area is 91.7 Å². The molecule has 0 aromatic heterocycles. The lowest BCUT2D eigenvalue weighted by Crippen LogP contribution is -2.57. The van der Waals surface area contributed by atoms with Crippen molar-refractivity contribution in [3.05, 3.63) is 0 Å². The second-order valence-corrected chi connectivity index (χ2v) is 3.45. The second-order valence-electron chi connectivity index (χ2n) is 3.45. The molecule has 0 aromatic rings. The highest BCUT2D eigenvalue weighted by Crippen LogP contribution is 2.04. The Morgan fingerprint density at radius 2 is 2.25 bits per heavy atom. The van der Waals surface area contributed by atoms with Gasteiger partial charge in [0.15, 0.2) is 0 Å². The summed E-state index contributed by atoms with van der Waals surface area (Å²) in [5.41, 5.74) is 0. The summed E-state index contributed by atoms with van der Waals surface area (Å²) >= 11 is 0. The molecule has 1 heterocycles. The summed E-state index contributed by atoms with van der Waals surface area (Å²) in [7, 11) is 0. The van der Waals surface area contributed by atoms with Crippen LogP contribution in [0, 0.1) is 0 Å². The monoisotopic (exact) mass is 236 g/mol. The van der Waals surface area contributed by atoms with Crippen LogP contribution in [0.5, 0.6) is 0 Å². The normalized spacial score (nSPS) is 21.5. The summed E-state index contributed by atoms with van der Waals surface area (Å²) in [6.45, 7) is 1.05. The third-order valence-corrected chi connectivity index (χ3v) is 2.30. The smallest absolute Gasteiger partial charge is 0.261 e. The van der Waals surface area contributed by atoms with E-state index in [1.54, 1.807) is 6.92 Å². The number of alkyl halides is 2. The predicted molar refractivity (Wildman–Crippen MR) is 51.0 cm³/mol. The van der Waals surface area contributed by atoms with Crippen molar-refractivity contribution < 1.29 is 23.1 Å². The van der Waals surface area contributed by atoms with Gasteiger partial charge in [0.2, 0.25) is 11.8 Å². The average Bonchev–Trinajstić information content (AvgIpc) is 2.22. The van der Waals surface area contributed by atoms with E-state index in [1.165, 1.54) is 4.90 Å². The van der Waals surface area contributed by atoms with Gasteiger partial charge in [-0.25, -0.2) is 8.78 Å². The maximum atomic E-state index is 11.7. The number of carbonyl (C=O) groups excluding carboxylic acids is 2. The van der Waals surface area contributed by atoms with Crippen LogP contribution in [0.4, 0.5) is 8.78 Å².